The fourth-order valence-electron chi connectivity index (χ4n) is 3.32. The topological polar surface area (TPSA) is 109 Å². The largest absolute Gasteiger partial charge is 0.360 e. The van der Waals surface area contributed by atoms with Crippen molar-refractivity contribution in [2.45, 2.75) is 31.4 Å². The molecule has 9 heteroatoms. The van der Waals surface area contributed by atoms with E-state index in [2.05, 4.69) is 20.7 Å². The van der Waals surface area contributed by atoms with Crippen molar-refractivity contribution in [3.8, 4) is 0 Å². The van der Waals surface area contributed by atoms with Crippen LogP contribution in [0.1, 0.15) is 35.0 Å². The number of nitrogens with zero attached hydrogens (tertiary/aromatic N) is 2. The molecule has 1 aromatic carbocycles. The summed E-state index contributed by atoms with van der Waals surface area (Å²) in [5.74, 6) is 0.268. The van der Waals surface area contributed by atoms with Gasteiger partial charge in [0.1, 0.15) is 12.4 Å². The number of aromatic amines is 1. The zero-order valence-corrected chi connectivity index (χ0v) is 16.8. The van der Waals surface area contributed by atoms with E-state index in [0.717, 1.165) is 28.9 Å². The molecule has 3 N–H and O–H groups in total. The summed E-state index contributed by atoms with van der Waals surface area (Å²) >= 11 is 1.68. The van der Waals surface area contributed by atoms with Gasteiger partial charge in [0, 0.05) is 40.7 Å². The maximum atomic E-state index is 12.8. The molecule has 150 valence electrons. The van der Waals surface area contributed by atoms with E-state index in [-0.39, 0.29) is 12.5 Å². The molecule has 1 aliphatic heterocycles. The highest BCUT2D eigenvalue weighted by atomic mass is 32.2. The lowest BCUT2D eigenvalue weighted by molar-refractivity contribution is -0.121. The molecule has 3 heterocycles. The van der Waals surface area contributed by atoms with Crippen LogP contribution in [0, 0.1) is 0 Å². The van der Waals surface area contributed by atoms with Gasteiger partial charge in [0.05, 0.1) is 11.3 Å². The molecule has 3 aromatic rings. The van der Waals surface area contributed by atoms with Crippen LogP contribution < -0.4 is 10.6 Å². The molecule has 8 nitrogen and oxygen atoms in total. The smallest absolute Gasteiger partial charge is 0.298 e. The average Bonchev–Trinajstić information content (AvgIpc) is 3.42. The fraction of sp³-hybridized carbons (Fsp3) is 0.300. The van der Waals surface area contributed by atoms with Crippen LogP contribution in [0.4, 0.5) is 5.82 Å². The van der Waals surface area contributed by atoms with E-state index in [1.807, 2.05) is 25.1 Å². The molecule has 0 saturated heterocycles. The number of nitrogens with one attached hydrogen (secondary N) is 3. The number of rotatable bonds is 7. The number of hydrogen-bond acceptors (Lipinski definition) is 5. The number of ketones is 1. The Hall–Kier alpha value is -3.07. The van der Waals surface area contributed by atoms with E-state index in [1.165, 1.54) is 4.68 Å². The second kappa shape index (κ2) is 8.12. The Bertz CT molecular complexity index is 1100. The summed E-state index contributed by atoms with van der Waals surface area (Å²) in [7, 11) is 0. The van der Waals surface area contributed by atoms with Gasteiger partial charge in [-0.3, -0.25) is 14.4 Å². The molecule has 0 bridgehead atoms. The van der Waals surface area contributed by atoms with Gasteiger partial charge in [0.25, 0.3) is 11.7 Å². The Morgan fingerprint density at radius 3 is 2.90 bits per heavy atom. The molecular formula is C20H21N5O3S. The molecule has 2 amide bonds. The van der Waals surface area contributed by atoms with Crippen LogP contribution in [0.2, 0.25) is 0 Å². The van der Waals surface area contributed by atoms with Gasteiger partial charge < -0.3 is 15.6 Å². The van der Waals surface area contributed by atoms with E-state index in [4.69, 9.17) is 0 Å². The highest BCUT2D eigenvalue weighted by Crippen LogP contribution is 2.34. The minimum absolute atomic E-state index is 0.00540. The zero-order chi connectivity index (χ0) is 20.4. The maximum absolute atomic E-state index is 12.8. The Kier molecular flexibility index (Phi) is 5.39. The predicted molar refractivity (Wildman–Crippen MR) is 112 cm³/mol. The fourth-order valence-corrected chi connectivity index (χ4v) is 4.36. The molecule has 2 aromatic heterocycles. The predicted octanol–water partition coefficient (Wildman–Crippen LogP) is 2.46. The summed E-state index contributed by atoms with van der Waals surface area (Å²) in [6.07, 6.45) is 2.38. The number of carbonyl (C=O) groups is 3. The Labute approximate surface area is 171 Å². The number of fused-ring (bicyclic) bond motifs is 2. The molecule has 0 fully saturated rings. The number of Topliss-reactive ketones (excluding diaryl/α,β-unsaturated/α-hetero) is 1. The quantitative estimate of drug-likeness (QED) is 0.409. The summed E-state index contributed by atoms with van der Waals surface area (Å²) < 4.78 is 1.48. The minimum Gasteiger partial charge on any atom is -0.360 e. The van der Waals surface area contributed by atoms with Crippen LogP contribution in [-0.4, -0.2) is 38.9 Å². The number of amides is 2. The summed E-state index contributed by atoms with van der Waals surface area (Å²) in [6, 6.07) is 7.32. The number of H-pyrrole nitrogens is 1. The van der Waals surface area contributed by atoms with Crippen molar-refractivity contribution in [2.75, 3.05) is 11.9 Å². The van der Waals surface area contributed by atoms with Crippen molar-refractivity contribution in [2.24, 2.45) is 0 Å². The van der Waals surface area contributed by atoms with Gasteiger partial charge in [0.15, 0.2) is 0 Å². The van der Waals surface area contributed by atoms with Crippen LogP contribution in [0.3, 0.4) is 0 Å². The van der Waals surface area contributed by atoms with E-state index in [9.17, 15) is 14.4 Å². The summed E-state index contributed by atoms with van der Waals surface area (Å²) in [5.41, 5.74) is 2.82. The van der Waals surface area contributed by atoms with Crippen molar-refractivity contribution >= 4 is 46.1 Å². The van der Waals surface area contributed by atoms with E-state index in [1.54, 1.807) is 24.0 Å². The van der Waals surface area contributed by atoms with Gasteiger partial charge in [-0.15, -0.1) is 0 Å². The van der Waals surface area contributed by atoms with Crippen molar-refractivity contribution < 1.29 is 14.4 Å². The number of aromatic nitrogens is 3. The number of thioether (sulfide) groups is 1. The monoisotopic (exact) mass is 411 g/mol. The number of benzene rings is 1. The first-order valence-electron chi connectivity index (χ1n) is 9.43. The number of hydrogen-bond donors (Lipinski definition) is 3. The number of anilines is 1. The molecule has 0 radical (unpaired) electrons. The standard InChI is InChI=1S/C20H21N5O3S/c1-2-7-21-17(26)9-25-19(14-10-29-11-16(14)24-25)23-20(28)18(27)13-8-22-15-6-4-3-5-12(13)15/h3-6,8,22H,2,7,9-11H2,1H3,(H,21,26)(H,23,28). The SMILES string of the molecule is CCCNC(=O)Cn1nc2c(c1NC(=O)C(=O)c1c[nH]c3ccccc13)CSC2. The summed E-state index contributed by atoms with van der Waals surface area (Å²) in [4.78, 5) is 40.7. The lowest BCUT2D eigenvalue weighted by Gasteiger charge is -2.10. The molecular weight excluding hydrogens is 390 g/mol. The molecule has 1 aliphatic rings. The Morgan fingerprint density at radius 2 is 2.07 bits per heavy atom. The third kappa shape index (κ3) is 3.77. The lowest BCUT2D eigenvalue weighted by Crippen LogP contribution is -2.30. The van der Waals surface area contributed by atoms with Gasteiger partial charge in [-0.05, 0) is 12.5 Å². The normalized spacial score (nSPS) is 12.7. The van der Waals surface area contributed by atoms with Crippen LogP contribution in [0.5, 0.6) is 0 Å². The van der Waals surface area contributed by atoms with Crippen LogP contribution in [0.25, 0.3) is 10.9 Å². The lowest BCUT2D eigenvalue weighted by atomic mass is 10.1. The zero-order valence-electron chi connectivity index (χ0n) is 15.9. The molecule has 0 saturated carbocycles. The van der Waals surface area contributed by atoms with Crippen molar-refractivity contribution in [3.63, 3.8) is 0 Å². The third-order valence-corrected chi connectivity index (χ3v) is 5.73. The first-order valence-corrected chi connectivity index (χ1v) is 10.6. The second-order valence-electron chi connectivity index (χ2n) is 6.81. The van der Waals surface area contributed by atoms with Gasteiger partial charge in [-0.2, -0.15) is 16.9 Å². The van der Waals surface area contributed by atoms with Gasteiger partial charge >= 0.3 is 0 Å². The highest BCUT2D eigenvalue weighted by molar-refractivity contribution is 7.98. The van der Waals surface area contributed by atoms with Crippen LogP contribution in [-0.2, 0) is 27.6 Å². The second-order valence-corrected chi connectivity index (χ2v) is 7.79. The first kappa shape index (κ1) is 19.3. The Morgan fingerprint density at radius 1 is 1.24 bits per heavy atom. The van der Waals surface area contributed by atoms with Gasteiger partial charge in [-0.1, -0.05) is 25.1 Å². The molecule has 0 atom stereocenters. The van der Waals surface area contributed by atoms with Crippen molar-refractivity contribution in [1.82, 2.24) is 20.1 Å². The van der Waals surface area contributed by atoms with E-state index in [0.29, 0.717) is 29.1 Å². The molecule has 0 aliphatic carbocycles. The van der Waals surface area contributed by atoms with Gasteiger partial charge in [-0.25, -0.2) is 4.68 Å². The molecule has 0 spiro atoms. The van der Waals surface area contributed by atoms with Crippen LogP contribution in [0.15, 0.2) is 30.5 Å². The van der Waals surface area contributed by atoms with Gasteiger partial charge in [0.2, 0.25) is 5.91 Å². The summed E-state index contributed by atoms with van der Waals surface area (Å²) in [5, 5.41) is 10.7. The third-order valence-electron chi connectivity index (χ3n) is 4.76. The molecule has 29 heavy (non-hydrogen) atoms. The molecule has 0 unspecified atom stereocenters. The minimum atomic E-state index is -0.746. The number of para-hydroxylation sites is 1. The van der Waals surface area contributed by atoms with E-state index >= 15 is 0 Å². The number of carbonyl (C=O) groups excluding carboxylic acids is 3. The van der Waals surface area contributed by atoms with E-state index < -0.39 is 11.7 Å². The first-order chi connectivity index (χ1) is 14.1. The van der Waals surface area contributed by atoms with Crippen molar-refractivity contribution in [3.05, 3.63) is 47.3 Å². The maximum Gasteiger partial charge on any atom is 0.298 e. The highest BCUT2D eigenvalue weighted by Gasteiger charge is 2.27. The Balaban J connectivity index is 1.57. The molecule has 4 rings (SSSR count). The summed E-state index contributed by atoms with van der Waals surface area (Å²) in [6.45, 7) is 2.55. The van der Waals surface area contributed by atoms with Crippen LogP contribution >= 0.6 is 11.8 Å². The van der Waals surface area contributed by atoms with Crippen molar-refractivity contribution in [1.29, 1.82) is 0 Å². The average molecular weight is 411 g/mol.